The van der Waals surface area contributed by atoms with Crippen molar-refractivity contribution in [3.63, 3.8) is 0 Å². The molecule has 3 amide bonds. The van der Waals surface area contributed by atoms with Crippen molar-refractivity contribution in [3.8, 4) is 0 Å². The molecule has 0 N–H and O–H groups in total. The number of hydrogen-bond acceptors (Lipinski definition) is 4. The molecule has 0 unspecified atom stereocenters. The van der Waals surface area contributed by atoms with Gasteiger partial charge in [0.1, 0.15) is 11.6 Å². The van der Waals surface area contributed by atoms with E-state index in [0.29, 0.717) is 39.0 Å². The third-order valence-corrected chi connectivity index (χ3v) is 7.55. The van der Waals surface area contributed by atoms with Gasteiger partial charge in [0.2, 0.25) is 17.7 Å². The Hall–Kier alpha value is -3.39. The smallest absolute Gasteiger partial charge is 0.233 e. The maximum Gasteiger partial charge on any atom is 0.233 e. The molecule has 0 spiro atoms. The van der Waals surface area contributed by atoms with Gasteiger partial charge in [-0.05, 0) is 48.2 Å². The molecule has 0 bridgehead atoms. The van der Waals surface area contributed by atoms with Gasteiger partial charge in [0.25, 0.3) is 0 Å². The number of piperazine rings is 1. The molecule has 2 aliphatic heterocycles. The van der Waals surface area contributed by atoms with E-state index in [-0.39, 0.29) is 60.2 Å². The van der Waals surface area contributed by atoms with Crippen LogP contribution in [-0.2, 0) is 14.4 Å². The summed E-state index contributed by atoms with van der Waals surface area (Å²) in [4.78, 5) is 43.5. The molecule has 0 aromatic heterocycles. The quantitative estimate of drug-likeness (QED) is 0.456. The van der Waals surface area contributed by atoms with Crippen molar-refractivity contribution in [3.05, 3.63) is 83.4 Å². The van der Waals surface area contributed by atoms with E-state index in [9.17, 15) is 23.2 Å². The SMILES string of the molecule is O=C(CCN1C(=O)[C@H]2CC=CC[C@@H]2C1=O)N1CCN(C(c2ccc(F)cc2)c2ccc(F)cc2)CC1. The Morgan fingerprint density at radius 1 is 0.778 bits per heavy atom. The molecule has 2 fully saturated rings. The minimum atomic E-state index is -0.322. The van der Waals surface area contributed by atoms with Crippen LogP contribution in [0.25, 0.3) is 0 Å². The zero-order valence-electron chi connectivity index (χ0n) is 20.0. The molecule has 3 aliphatic rings. The van der Waals surface area contributed by atoms with Gasteiger partial charge in [-0.1, -0.05) is 36.4 Å². The Labute approximate surface area is 209 Å². The highest BCUT2D eigenvalue weighted by Crippen LogP contribution is 2.35. The van der Waals surface area contributed by atoms with Crippen LogP contribution in [-0.4, -0.2) is 65.1 Å². The Bertz CT molecular complexity index is 1090. The van der Waals surface area contributed by atoms with E-state index in [1.165, 1.54) is 29.2 Å². The average molecular weight is 494 g/mol. The summed E-state index contributed by atoms with van der Waals surface area (Å²) in [6, 6.07) is 12.4. The molecular weight excluding hydrogens is 464 g/mol. The molecule has 0 radical (unpaired) electrons. The van der Waals surface area contributed by atoms with E-state index in [2.05, 4.69) is 4.90 Å². The molecule has 2 atom stereocenters. The van der Waals surface area contributed by atoms with Gasteiger partial charge in [-0.25, -0.2) is 8.78 Å². The molecule has 0 saturated carbocycles. The normalized spacial score (nSPS) is 22.4. The fourth-order valence-corrected chi connectivity index (χ4v) is 5.59. The molecule has 2 saturated heterocycles. The van der Waals surface area contributed by atoms with Crippen molar-refractivity contribution in [2.24, 2.45) is 11.8 Å². The second kappa shape index (κ2) is 10.3. The van der Waals surface area contributed by atoms with Crippen LogP contribution in [0.15, 0.2) is 60.7 Å². The lowest BCUT2D eigenvalue weighted by Crippen LogP contribution is -2.50. The first-order valence-electron chi connectivity index (χ1n) is 12.5. The number of nitrogens with zero attached hydrogens (tertiary/aromatic N) is 3. The number of likely N-dealkylation sites (tertiary alicyclic amines) is 1. The second-order valence-corrected chi connectivity index (χ2v) is 9.66. The lowest BCUT2D eigenvalue weighted by atomic mass is 9.85. The van der Waals surface area contributed by atoms with E-state index in [4.69, 9.17) is 0 Å². The molecule has 2 aromatic carbocycles. The fraction of sp³-hybridized carbons (Fsp3) is 0.393. The summed E-state index contributed by atoms with van der Waals surface area (Å²) in [5.41, 5.74) is 1.79. The molecule has 2 aromatic rings. The minimum absolute atomic E-state index is 0.0802. The molecule has 36 heavy (non-hydrogen) atoms. The molecule has 5 rings (SSSR count). The lowest BCUT2D eigenvalue weighted by molar-refractivity contribution is -0.141. The first kappa shape index (κ1) is 24.3. The summed E-state index contributed by atoms with van der Waals surface area (Å²) in [6.07, 6.45) is 5.19. The predicted molar refractivity (Wildman–Crippen MR) is 129 cm³/mol. The van der Waals surface area contributed by atoms with Crippen LogP contribution in [0.5, 0.6) is 0 Å². The Morgan fingerprint density at radius 3 is 1.72 bits per heavy atom. The number of halogens is 2. The molecule has 1 aliphatic carbocycles. The van der Waals surface area contributed by atoms with Crippen molar-refractivity contribution in [1.29, 1.82) is 0 Å². The number of fused-ring (bicyclic) bond motifs is 1. The highest BCUT2D eigenvalue weighted by molar-refractivity contribution is 6.05. The van der Waals surface area contributed by atoms with E-state index < -0.39 is 0 Å². The van der Waals surface area contributed by atoms with Gasteiger partial charge in [-0.3, -0.25) is 24.2 Å². The number of imide groups is 1. The third kappa shape index (κ3) is 4.82. The molecule has 2 heterocycles. The van der Waals surface area contributed by atoms with Crippen LogP contribution >= 0.6 is 0 Å². The van der Waals surface area contributed by atoms with E-state index in [0.717, 1.165) is 11.1 Å². The van der Waals surface area contributed by atoms with Crippen LogP contribution in [0, 0.1) is 23.5 Å². The first-order valence-corrected chi connectivity index (χ1v) is 12.5. The van der Waals surface area contributed by atoms with Crippen molar-refractivity contribution in [2.75, 3.05) is 32.7 Å². The molecular formula is C28H29F2N3O3. The lowest BCUT2D eigenvalue weighted by Gasteiger charge is -2.40. The zero-order chi connectivity index (χ0) is 25.2. The van der Waals surface area contributed by atoms with Gasteiger partial charge in [-0.15, -0.1) is 0 Å². The standard InChI is InChI=1S/C28H29F2N3O3/c29-21-9-5-19(6-10-21)26(20-7-11-22(30)12-8-20)32-17-15-31(16-18-32)25(34)13-14-33-27(35)23-3-1-2-4-24(23)28(33)36/h1-2,5-12,23-24,26H,3-4,13-18H2/t23-,24-/m0/s1. The predicted octanol–water partition coefficient (Wildman–Crippen LogP) is 3.54. The first-order chi connectivity index (χ1) is 17.4. The Balaban J connectivity index is 1.21. The van der Waals surface area contributed by atoms with E-state index in [1.54, 1.807) is 29.2 Å². The van der Waals surface area contributed by atoms with Crippen LogP contribution in [0.4, 0.5) is 8.78 Å². The maximum absolute atomic E-state index is 13.6. The van der Waals surface area contributed by atoms with Gasteiger partial charge >= 0.3 is 0 Å². The molecule has 8 heteroatoms. The summed E-state index contributed by atoms with van der Waals surface area (Å²) in [5, 5.41) is 0. The van der Waals surface area contributed by atoms with Gasteiger partial charge < -0.3 is 4.90 Å². The van der Waals surface area contributed by atoms with Gasteiger partial charge in [-0.2, -0.15) is 0 Å². The number of carbonyl (C=O) groups is 3. The van der Waals surface area contributed by atoms with Gasteiger partial charge in [0, 0.05) is 39.1 Å². The van der Waals surface area contributed by atoms with Gasteiger partial charge in [0.05, 0.1) is 17.9 Å². The van der Waals surface area contributed by atoms with Crippen LogP contribution in [0.3, 0.4) is 0 Å². The van der Waals surface area contributed by atoms with E-state index >= 15 is 0 Å². The van der Waals surface area contributed by atoms with Crippen molar-refractivity contribution in [1.82, 2.24) is 14.7 Å². The zero-order valence-corrected chi connectivity index (χ0v) is 20.0. The van der Waals surface area contributed by atoms with Gasteiger partial charge in [0.15, 0.2) is 0 Å². The third-order valence-electron chi connectivity index (χ3n) is 7.55. The molecule has 6 nitrogen and oxygen atoms in total. The van der Waals surface area contributed by atoms with Crippen molar-refractivity contribution < 1.29 is 23.2 Å². The average Bonchev–Trinajstić information content (AvgIpc) is 3.15. The topological polar surface area (TPSA) is 60.9 Å². The second-order valence-electron chi connectivity index (χ2n) is 9.66. The van der Waals surface area contributed by atoms with Crippen molar-refractivity contribution >= 4 is 17.7 Å². The van der Waals surface area contributed by atoms with Crippen molar-refractivity contribution in [2.45, 2.75) is 25.3 Å². The fourth-order valence-electron chi connectivity index (χ4n) is 5.59. The number of amides is 3. The highest BCUT2D eigenvalue weighted by Gasteiger charge is 2.47. The number of allylic oxidation sites excluding steroid dienone is 2. The van der Waals surface area contributed by atoms with Crippen LogP contribution in [0.1, 0.15) is 36.4 Å². The van der Waals surface area contributed by atoms with Crippen LogP contribution in [0.2, 0.25) is 0 Å². The maximum atomic E-state index is 13.6. The summed E-state index contributed by atoms with van der Waals surface area (Å²) in [5.74, 6) is -1.60. The number of carbonyl (C=O) groups excluding carboxylic acids is 3. The van der Waals surface area contributed by atoms with E-state index in [1.807, 2.05) is 12.2 Å². The number of benzene rings is 2. The monoisotopic (exact) mass is 493 g/mol. The van der Waals surface area contributed by atoms with Crippen LogP contribution < -0.4 is 0 Å². The Kier molecular flexibility index (Phi) is 6.96. The number of rotatable bonds is 6. The summed E-state index contributed by atoms with van der Waals surface area (Å²) >= 11 is 0. The molecule has 188 valence electrons. The largest absolute Gasteiger partial charge is 0.340 e. The summed E-state index contributed by atoms with van der Waals surface area (Å²) in [7, 11) is 0. The summed E-state index contributed by atoms with van der Waals surface area (Å²) < 4.78 is 27.1. The highest BCUT2D eigenvalue weighted by atomic mass is 19.1. The number of hydrogen-bond donors (Lipinski definition) is 0. The minimum Gasteiger partial charge on any atom is -0.340 e. The Morgan fingerprint density at radius 2 is 1.25 bits per heavy atom. The summed E-state index contributed by atoms with van der Waals surface area (Å²) in [6.45, 7) is 2.28.